The zero-order valence-corrected chi connectivity index (χ0v) is 20.4. The summed E-state index contributed by atoms with van der Waals surface area (Å²) in [5.41, 5.74) is 4.48. The summed E-state index contributed by atoms with van der Waals surface area (Å²) in [6.45, 7) is 0. The van der Waals surface area contributed by atoms with Crippen LogP contribution in [0.5, 0.6) is 5.75 Å². The summed E-state index contributed by atoms with van der Waals surface area (Å²) in [5, 5.41) is 14.8. The van der Waals surface area contributed by atoms with Gasteiger partial charge in [0.2, 0.25) is 0 Å². The van der Waals surface area contributed by atoms with Crippen LogP contribution in [-0.4, -0.2) is 24.2 Å². The lowest BCUT2D eigenvalue weighted by Crippen LogP contribution is -2.47. The van der Waals surface area contributed by atoms with Crippen LogP contribution < -0.4 is 10.1 Å². The number of hydrogen-bond donors (Lipinski definition) is 2. The van der Waals surface area contributed by atoms with Gasteiger partial charge >= 0.3 is 5.97 Å². The third-order valence-corrected chi connectivity index (χ3v) is 8.22. The Morgan fingerprint density at radius 2 is 1.91 bits per heavy atom. The van der Waals surface area contributed by atoms with E-state index in [1.807, 2.05) is 36.4 Å². The number of carboxylic acids is 1. The van der Waals surface area contributed by atoms with Crippen molar-refractivity contribution in [2.75, 3.05) is 12.4 Å². The molecule has 0 heterocycles. The zero-order valence-electron chi connectivity index (χ0n) is 18.9. The fourth-order valence-electron chi connectivity index (χ4n) is 6.17. The quantitative estimate of drug-likeness (QED) is 0.402. The van der Waals surface area contributed by atoms with Crippen molar-refractivity contribution in [3.8, 4) is 5.75 Å². The zero-order chi connectivity index (χ0) is 23.9. The summed E-state index contributed by atoms with van der Waals surface area (Å²) >= 11 is 12.7. The Labute approximate surface area is 209 Å². The van der Waals surface area contributed by atoms with Crippen LogP contribution in [0, 0.1) is 5.92 Å². The van der Waals surface area contributed by atoms with E-state index in [0.29, 0.717) is 28.6 Å². The largest absolute Gasteiger partial charge is 0.495 e. The van der Waals surface area contributed by atoms with Crippen LogP contribution in [0.2, 0.25) is 10.0 Å². The monoisotopic (exact) mass is 495 g/mol. The highest BCUT2D eigenvalue weighted by Crippen LogP contribution is 2.57. The van der Waals surface area contributed by atoms with Crippen LogP contribution in [0.4, 0.5) is 5.69 Å². The molecule has 1 unspecified atom stereocenters. The Morgan fingerprint density at radius 3 is 2.65 bits per heavy atom. The lowest BCUT2D eigenvalue weighted by Gasteiger charge is -2.46. The van der Waals surface area contributed by atoms with E-state index in [1.54, 1.807) is 7.11 Å². The number of benzene rings is 3. The van der Waals surface area contributed by atoms with Gasteiger partial charge in [0.15, 0.2) is 0 Å². The molecule has 0 aliphatic heterocycles. The van der Waals surface area contributed by atoms with Gasteiger partial charge < -0.3 is 15.2 Å². The Balaban J connectivity index is 1.57. The van der Waals surface area contributed by atoms with Gasteiger partial charge in [-0.05, 0) is 78.6 Å². The van der Waals surface area contributed by atoms with Gasteiger partial charge in [-0.1, -0.05) is 59.6 Å². The average molecular weight is 496 g/mol. The molecule has 34 heavy (non-hydrogen) atoms. The molecule has 3 aromatic rings. The maximum Gasteiger partial charge on any atom is 0.308 e. The first-order chi connectivity index (χ1) is 16.4. The van der Waals surface area contributed by atoms with E-state index in [1.165, 1.54) is 11.1 Å². The van der Waals surface area contributed by atoms with Crippen molar-refractivity contribution >= 4 is 34.9 Å². The second-order valence-electron chi connectivity index (χ2n) is 9.41. The molecule has 1 spiro atoms. The Hall–Kier alpha value is -2.69. The van der Waals surface area contributed by atoms with Gasteiger partial charge in [0.1, 0.15) is 5.75 Å². The number of carboxylic acid groups (broad SMARTS) is 1. The highest BCUT2D eigenvalue weighted by atomic mass is 35.5. The van der Waals surface area contributed by atoms with Crippen LogP contribution in [0.1, 0.15) is 41.9 Å². The molecule has 1 saturated carbocycles. The van der Waals surface area contributed by atoms with E-state index < -0.39 is 11.9 Å². The second-order valence-corrected chi connectivity index (χ2v) is 10.3. The van der Waals surface area contributed by atoms with Crippen LogP contribution in [0.25, 0.3) is 0 Å². The Morgan fingerprint density at radius 1 is 1.09 bits per heavy atom. The van der Waals surface area contributed by atoms with Gasteiger partial charge in [-0.3, -0.25) is 4.79 Å². The first-order valence-corrected chi connectivity index (χ1v) is 12.3. The van der Waals surface area contributed by atoms with Gasteiger partial charge in [-0.25, -0.2) is 0 Å². The fourth-order valence-corrected chi connectivity index (χ4v) is 6.63. The number of methoxy groups -OCH3 is 1. The fraction of sp³-hybridized carbons (Fsp3) is 0.321. The lowest BCUT2D eigenvalue weighted by molar-refractivity contribution is -0.143. The standard InChI is InChI=1S/C28H27Cl2NO3/c1-34-26-10-9-18(14-24(26)30)23-13-17-5-2-3-8-22(17)28(23)12-11-21(27(32)33)25(16-28)31-20-7-4-6-19(29)15-20/h2-10,14-15,21,23,25,31H,11-13,16H2,1H3,(H,32,33)/t21-,23+,25?,28-/m0/s1. The highest BCUT2D eigenvalue weighted by Gasteiger charge is 2.52. The van der Waals surface area contributed by atoms with Crippen LogP contribution in [0.3, 0.4) is 0 Å². The van der Waals surface area contributed by atoms with Gasteiger partial charge in [-0.2, -0.15) is 0 Å². The van der Waals surface area contributed by atoms with Crippen molar-refractivity contribution in [2.24, 2.45) is 5.92 Å². The van der Waals surface area contributed by atoms with Crippen LogP contribution >= 0.6 is 23.2 Å². The van der Waals surface area contributed by atoms with Crippen molar-refractivity contribution in [3.63, 3.8) is 0 Å². The first-order valence-electron chi connectivity index (χ1n) is 11.6. The van der Waals surface area contributed by atoms with E-state index in [2.05, 4.69) is 35.6 Å². The number of fused-ring (bicyclic) bond motifs is 2. The molecular weight excluding hydrogens is 469 g/mol. The minimum absolute atomic E-state index is 0.184. The van der Waals surface area contributed by atoms with E-state index in [9.17, 15) is 9.90 Å². The van der Waals surface area contributed by atoms with Gasteiger partial charge in [-0.15, -0.1) is 0 Å². The maximum absolute atomic E-state index is 12.2. The van der Waals surface area contributed by atoms with Gasteiger partial charge in [0, 0.05) is 22.2 Å². The van der Waals surface area contributed by atoms with Gasteiger partial charge in [0.25, 0.3) is 0 Å². The normalized spacial score (nSPS) is 25.7. The molecule has 176 valence electrons. The minimum Gasteiger partial charge on any atom is -0.495 e. The average Bonchev–Trinajstić information content (AvgIpc) is 3.12. The van der Waals surface area contributed by atoms with Crippen LogP contribution in [0.15, 0.2) is 66.7 Å². The molecule has 0 aromatic heterocycles. The van der Waals surface area contributed by atoms with Crippen molar-refractivity contribution < 1.29 is 14.6 Å². The smallest absolute Gasteiger partial charge is 0.308 e. The molecule has 2 N–H and O–H groups in total. The highest BCUT2D eigenvalue weighted by molar-refractivity contribution is 6.32. The Bertz CT molecular complexity index is 1230. The first kappa shape index (κ1) is 23.1. The van der Waals surface area contributed by atoms with Crippen molar-refractivity contribution in [1.82, 2.24) is 0 Å². The summed E-state index contributed by atoms with van der Waals surface area (Å²) in [4.78, 5) is 12.2. The summed E-state index contributed by atoms with van der Waals surface area (Å²) in [6, 6.07) is 21.9. The number of aliphatic carboxylic acids is 1. The van der Waals surface area contributed by atoms with Crippen LogP contribution in [-0.2, 0) is 16.6 Å². The molecule has 2 aliphatic carbocycles. The molecule has 0 saturated heterocycles. The molecule has 0 amide bonds. The molecular formula is C28H27Cl2NO3. The summed E-state index contributed by atoms with van der Waals surface area (Å²) in [5.74, 6) is -0.376. The lowest BCUT2D eigenvalue weighted by atomic mass is 9.60. The number of anilines is 1. The molecule has 2 aliphatic rings. The van der Waals surface area contributed by atoms with E-state index >= 15 is 0 Å². The predicted molar refractivity (Wildman–Crippen MR) is 136 cm³/mol. The molecule has 3 aromatic carbocycles. The third-order valence-electron chi connectivity index (χ3n) is 7.69. The molecule has 5 rings (SSSR count). The van der Waals surface area contributed by atoms with Gasteiger partial charge in [0.05, 0.1) is 18.1 Å². The number of rotatable bonds is 5. The maximum atomic E-state index is 12.2. The minimum atomic E-state index is -0.760. The summed E-state index contributed by atoms with van der Waals surface area (Å²) in [6.07, 6.45) is 3.02. The number of hydrogen-bond acceptors (Lipinski definition) is 3. The van der Waals surface area contributed by atoms with Crippen molar-refractivity contribution in [3.05, 3.63) is 93.5 Å². The molecule has 6 heteroatoms. The molecule has 1 fully saturated rings. The van der Waals surface area contributed by atoms with E-state index in [4.69, 9.17) is 27.9 Å². The third kappa shape index (κ3) is 4.03. The van der Waals surface area contributed by atoms with Crippen molar-refractivity contribution in [1.29, 1.82) is 0 Å². The molecule has 0 bridgehead atoms. The number of ether oxygens (including phenoxy) is 1. The predicted octanol–water partition coefficient (Wildman–Crippen LogP) is 6.95. The van der Waals surface area contributed by atoms with E-state index in [-0.39, 0.29) is 17.4 Å². The number of halogens is 2. The number of carbonyl (C=O) groups is 1. The molecule has 4 atom stereocenters. The number of nitrogens with one attached hydrogen (secondary N) is 1. The summed E-state index contributed by atoms with van der Waals surface area (Å²) < 4.78 is 5.38. The molecule has 0 radical (unpaired) electrons. The van der Waals surface area contributed by atoms with E-state index in [0.717, 1.165) is 24.1 Å². The van der Waals surface area contributed by atoms with Crippen molar-refractivity contribution in [2.45, 2.75) is 43.1 Å². The Kier molecular flexibility index (Phi) is 6.22. The topological polar surface area (TPSA) is 58.6 Å². The molecule has 4 nitrogen and oxygen atoms in total. The second kappa shape index (κ2) is 9.16. The summed E-state index contributed by atoms with van der Waals surface area (Å²) in [7, 11) is 1.62. The SMILES string of the molecule is COc1ccc([C@H]2Cc3ccccc3[C@@]23CC[C@H](C(=O)O)C(Nc2cccc(Cl)c2)C3)cc1Cl.